The second-order valence-corrected chi connectivity index (χ2v) is 10.5. The lowest BCUT2D eigenvalue weighted by molar-refractivity contribution is -0.391. The van der Waals surface area contributed by atoms with Gasteiger partial charge in [-0.15, -0.1) is 0 Å². The highest BCUT2D eigenvalue weighted by Gasteiger charge is 2.54. The molecule has 16 atom stereocenters. The first-order chi connectivity index (χ1) is 20.1. The summed E-state index contributed by atoms with van der Waals surface area (Å²) in [6.07, 6.45) is -27.3. The largest absolute Gasteiger partial charge is 0.544 e. The first-order valence-electron chi connectivity index (χ1n) is 13.2. The predicted molar refractivity (Wildman–Crippen MR) is 127 cm³/mol. The summed E-state index contributed by atoms with van der Waals surface area (Å²) >= 11 is 0. The Bertz CT molecular complexity index is 942. The van der Waals surface area contributed by atoms with Gasteiger partial charge in [0.05, 0.1) is 32.0 Å². The third-order valence-electron chi connectivity index (χ3n) is 7.45. The van der Waals surface area contributed by atoms with Gasteiger partial charge in [-0.25, -0.2) is 0 Å². The second-order valence-electron chi connectivity index (χ2n) is 10.5. The Kier molecular flexibility index (Phi) is 12.1. The molecule has 0 saturated carbocycles. The van der Waals surface area contributed by atoms with Crippen molar-refractivity contribution < 1.29 is 94.6 Å². The Morgan fingerprint density at radius 2 is 1.60 bits per heavy atom. The topological polar surface area (TPSA) is 338 Å². The predicted octanol–water partition coefficient (Wildman–Crippen LogP) is -9.56. The molecular formula is C23H38NO19-. The smallest absolute Gasteiger partial charge is 0.217 e. The van der Waals surface area contributed by atoms with Crippen LogP contribution in [-0.2, 0) is 33.3 Å². The second kappa shape index (κ2) is 14.6. The molecule has 43 heavy (non-hydrogen) atoms. The summed E-state index contributed by atoms with van der Waals surface area (Å²) in [4.78, 5) is 23.9. The Balaban J connectivity index is 1.82. The van der Waals surface area contributed by atoms with Crippen molar-refractivity contribution in [3.05, 3.63) is 0 Å². The molecule has 14 unspecified atom stereocenters. The monoisotopic (exact) mass is 632 g/mol. The van der Waals surface area contributed by atoms with E-state index in [4.69, 9.17) is 23.7 Å². The van der Waals surface area contributed by atoms with Crippen molar-refractivity contribution in [2.45, 2.75) is 111 Å². The lowest BCUT2D eigenvalue weighted by Crippen LogP contribution is -2.70. The minimum absolute atomic E-state index is 0.735. The van der Waals surface area contributed by atoms with E-state index in [1.165, 1.54) is 0 Å². The molecule has 0 spiro atoms. The maximum Gasteiger partial charge on any atom is 0.217 e. The number of carbonyl (C=O) groups is 2. The number of carboxylic acids is 1. The Hall–Kier alpha value is -1.70. The molecule has 0 aromatic carbocycles. The van der Waals surface area contributed by atoms with E-state index in [0.29, 0.717) is 0 Å². The Morgan fingerprint density at radius 1 is 0.953 bits per heavy atom. The minimum atomic E-state index is -2.94. The van der Waals surface area contributed by atoms with Gasteiger partial charge in [-0.3, -0.25) is 4.79 Å². The third-order valence-corrected chi connectivity index (χ3v) is 7.45. The number of aliphatic carboxylic acids is 1. The number of aliphatic hydroxyl groups is 11. The zero-order valence-electron chi connectivity index (χ0n) is 22.7. The van der Waals surface area contributed by atoms with Gasteiger partial charge in [0.1, 0.15) is 73.1 Å². The minimum Gasteiger partial charge on any atom is -0.544 e. The molecule has 3 rings (SSSR count). The molecule has 20 heteroatoms. The summed E-state index contributed by atoms with van der Waals surface area (Å²) in [5, 5.41) is 126. The summed E-state index contributed by atoms with van der Waals surface area (Å²) < 4.78 is 26.5. The van der Waals surface area contributed by atoms with Crippen molar-refractivity contribution in [3.63, 3.8) is 0 Å². The summed E-state index contributed by atoms with van der Waals surface area (Å²) in [5.41, 5.74) is 0. The summed E-state index contributed by atoms with van der Waals surface area (Å²) in [6, 6.07) is -1.51. The van der Waals surface area contributed by atoms with Crippen LogP contribution < -0.4 is 10.4 Å². The van der Waals surface area contributed by atoms with Crippen LogP contribution in [0.15, 0.2) is 0 Å². The van der Waals surface area contributed by atoms with Crippen LogP contribution in [0.4, 0.5) is 0 Å². The number of carbonyl (C=O) groups excluding carboxylic acids is 2. The SMILES string of the molecule is CC(=O)NC1C(O)CC(OCC2OC(OC3C(CO)OC(O)C(O)C3O)C(O)C(O)C2O)(C(=O)[O-])OC1[C@H](O)[C@H](O)CO. The van der Waals surface area contributed by atoms with Crippen molar-refractivity contribution in [2.75, 3.05) is 19.8 Å². The van der Waals surface area contributed by atoms with Crippen molar-refractivity contribution in [2.24, 2.45) is 0 Å². The molecule has 250 valence electrons. The molecule has 0 aromatic heterocycles. The zero-order valence-corrected chi connectivity index (χ0v) is 22.7. The third kappa shape index (κ3) is 7.58. The molecule has 0 aromatic rings. The lowest BCUT2D eigenvalue weighted by Gasteiger charge is -2.49. The number of nitrogens with one attached hydrogen (secondary N) is 1. The number of carboxylic acid groups (broad SMARTS) is 1. The fourth-order valence-electron chi connectivity index (χ4n) is 5.04. The molecule has 0 radical (unpaired) electrons. The average molecular weight is 633 g/mol. The van der Waals surface area contributed by atoms with Crippen LogP contribution in [0.1, 0.15) is 13.3 Å². The van der Waals surface area contributed by atoms with Gasteiger partial charge in [0.2, 0.25) is 11.7 Å². The van der Waals surface area contributed by atoms with E-state index < -0.39 is 136 Å². The van der Waals surface area contributed by atoms with Crippen molar-refractivity contribution in [1.29, 1.82) is 0 Å². The highest BCUT2D eigenvalue weighted by molar-refractivity contribution is 5.75. The van der Waals surface area contributed by atoms with Crippen molar-refractivity contribution in [3.8, 4) is 0 Å². The van der Waals surface area contributed by atoms with Crippen LogP contribution in [0.3, 0.4) is 0 Å². The molecule has 3 aliphatic heterocycles. The number of aliphatic hydroxyl groups excluding tert-OH is 11. The number of amides is 1. The van der Waals surface area contributed by atoms with Crippen LogP contribution in [0, 0.1) is 0 Å². The van der Waals surface area contributed by atoms with Crippen LogP contribution in [0.5, 0.6) is 0 Å². The van der Waals surface area contributed by atoms with Gasteiger partial charge < -0.3 is 95.1 Å². The van der Waals surface area contributed by atoms with Gasteiger partial charge in [0.25, 0.3) is 0 Å². The quantitative estimate of drug-likeness (QED) is 0.101. The highest BCUT2D eigenvalue weighted by atomic mass is 16.8. The Morgan fingerprint density at radius 3 is 2.16 bits per heavy atom. The van der Waals surface area contributed by atoms with Crippen LogP contribution in [0.2, 0.25) is 0 Å². The zero-order chi connectivity index (χ0) is 32.4. The van der Waals surface area contributed by atoms with Gasteiger partial charge in [-0.05, 0) is 0 Å². The van der Waals surface area contributed by atoms with E-state index in [9.17, 15) is 70.9 Å². The summed E-state index contributed by atoms with van der Waals surface area (Å²) in [6.45, 7) is -1.84. The maximum absolute atomic E-state index is 12.2. The fraction of sp³-hybridized carbons (Fsp3) is 0.913. The summed E-state index contributed by atoms with van der Waals surface area (Å²) in [7, 11) is 0. The molecule has 3 fully saturated rings. The molecule has 0 bridgehead atoms. The molecule has 3 saturated heterocycles. The molecule has 0 aliphatic carbocycles. The van der Waals surface area contributed by atoms with E-state index in [1.807, 2.05) is 0 Å². The number of rotatable bonds is 11. The van der Waals surface area contributed by atoms with Crippen LogP contribution in [-0.4, -0.2) is 186 Å². The molecule has 20 nitrogen and oxygen atoms in total. The summed E-state index contributed by atoms with van der Waals surface area (Å²) in [5.74, 6) is -5.80. The maximum atomic E-state index is 12.2. The van der Waals surface area contributed by atoms with Gasteiger partial charge in [-0.2, -0.15) is 0 Å². The van der Waals surface area contributed by atoms with Crippen LogP contribution in [0.25, 0.3) is 0 Å². The van der Waals surface area contributed by atoms with Crippen LogP contribution >= 0.6 is 0 Å². The standard InChI is InChI=1S/C23H39NO19/c1-6(27)24-11-7(28)2-23(22(37)38,43-19(11)12(30)8(29)3-25)39-5-10-13(31)14(32)17(35)21(41-10)42-18-9(4-26)40-20(36)16(34)15(18)33/h7-21,25-26,28-36H,2-5H2,1H3,(H,24,27)(H,37,38)/p-1/t7?,8-,9?,10?,11?,12-,13?,14?,15?,16?,17?,18?,19?,20?,21?,23?/m1/s1. The molecular weight excluding hydrogens is 594 g/mol. The number of ether oxygens (including phenoxy) is 5. The molecule has 3 heterocycles. The van der Waals surface area contributed by atoms with Gasteiger partial charge in [-0.1, -0.05) is 0 Å². The van der Waals surface area contributed by atoms with E-state index in [2.05, 4.69) is 5.32 Å². The highest BCUT2D eigenvalue weighted by Crippen LogP contribution is 2.35. The number of hydrogen-bond donors (Lipinski definition) is 12. The van der Waals surface area contributed by atoms with Crippen molar-refractivity contribution in [1.82, 2.24) is 5.32 Å². The van der Waals surface area contributed by atoms with E-state index >= 15 is 0 Å². The first kappa shape index (κ1) is 35.8. The van der Waals surface area contributed by atoms with E-state index in [-0.39, 0.29) is 0 Å². The van der Waals surface area contributed by atoms with Crippen molar-refractivity contribution >= 4 is 11.9 Å². The fourth-order valence-corrected chi connectivity index (χ4v) is 5.04. The van der Waals surface area contributed by atoms with Gasteiger partial charge >= 0.3 is 0 Å². The number of hydrogen-bond acceptors (Lipinski definition) is 19. The van der Waals surface area contributed by atoms with E-state index in [0.717, 1.165) is 6.92 Å². The first-order valence-corrected chi connectivity index (χ1v) is 13.2. The van der Waals surface area contributed by atoms with Gasteiger partial charge in [0, 0.05) is 13.3 Å². The van der Waals surface area contributed by atoms with E-state index in [1.54, 1.807) is 0 Å². The molecule has 3 aliphatic rings. The van der Waals surface area contributed by atoms with Gasteiger partial charge in [0.15, 0.2) is 12.6 Å². The lowest BCUT2D eigenvalue weighted by atomic mass is 9.88. The normalized spacial score (nSPS) is 45.3. The average Bonchev–Trinajstić information content (AvgIpc) is 2.96. The molecule has 12 N–H and O–H groups in total. The molecule has 1 amide bonds. The Labute approximate surface area is 243 Å².